The number of rotatable bonds is 5. The fourth-order valence-electron chi connectivity index (χ4n) is 2.85. The van der Waals surface area contributed by atoms with Gasteiger partial charge in [0, 0.05) is 29.2 Å². The average Bonchev–Trinajstić information content (AvgIpc) is 2.68. The van der Waals surface area contributed by atoms with E-state index < -0.39 is 0 Å². The van der Waals surface area contributed by atoms with E-state index in [9.17, 15) is 0 Å². The second kappa shape index (κ2) is 6.20. The molecule has 1 unspecified atom stereocenters. The van der Waals surface area contributed by atoms with E-state index in [2.05, 4.69) is 62.9 Å². The predicted octanol–water partition coefficient (Wildman–Crippen LogP) is 5.69. The molecule has 1 aromatic heterocycles. The highest BCUT2D eigenvalue weighted by atomic mass is 35.5. The molecule has 0 bridgehead atoms. The van der Waals surface area contributed by atoms with Crippen molar-refractivity contribution in [3.05, 3.63) is 30.3 Å². The Labute approximate surface area is 122 Å². The Morgan fingerprint density at radius 1 is 1.11 bits per heavy atom. The Hall–Kier alpha value is -0.650. The van der Waals surface area contributed by atoms with Crippen LogP contribution in [0.2, 0.25) is 0 Å². The minimum atomic E-state index is -0.274. The van der Waals surface area contributed by atoms with Gasteiger partial charge in [0.25, 0.3) is 0 Å². The molecule has 1 atom stereocenters. The van der Waals surface area contributed by atoms with E-state index in [1.54, 1.807) is 0 Å². The van der Waals surface area contributed by atoms with E-state index >= 15 is 0 Å². The predicted molar refractivity (Wildman–Crippen MR) is 90.1 cm³/mol. The van der Waals surface area contributed by atoms with Crippen LogP contribution in [0.3, 0.4) is 0 Å². The van der Waals surface area contributed by atoms with Gasteiger partial charge in [-0.15, -0.1) is 11.6 Å². The lowest BCUT2D eigenvalue weighted by molar-refractivity contribution is 0.613. The molecule has 19 heavy (non-hydrogen) atoms. The molecule has 3 heteroatoms. The third kappa shape index (κ3) is 2.93. The van der Waals surface area contributed by atoms with Gasteiger partial charge in [0.15, 0.2) is 0 Å². The number of hydrogen-bond acceptors (Lipinski definition) is 1. The summed E-state index contributed by atoms with van der Waals surface area (Å²) in [7, 11) is -0.274. The lowest BCUT2D eigenvalue weighted by Gasteiger charge is -2.33. The maximum absolute atomic E-state index is 6.05. The number of fused-ring (bicyclic) bond motifs is 1. The van der Waals surface area contributed by atoms with Gasteiger partial charge in [-0.25, -0.2) is 0 Å². The topological polar surface area (TPSA) is 3.24 Å². The van der Waals surface area contributed by atoms with Gasteiger partial charge in [-0.3, -0.25) is 0 Å². The summed E-state index contributed by atoms with van der Waals surface area (Å²) in [5.41, 5.74) is 1.50. The first kappa shape index (κ1) is 14.8. The van der Waals surface area contributed by atoms with Gasteiger partial charge in [0.05, 0.1) is 5.42 Å². The highest BCUT2D eigenvalue weighted by Crippen LogP contribution is 2.51. The first-order valence-corrected chi connectivity index (χ1v) is 9.05. The van der Waals surface area contributed by atoms with Gasteiger partial charge in [-0.2, -0.15) is 0 Å². The van der Waals surface area contributed by atoms with Crippen LogP contribution in [-0.2, 0) is 6.16 Å². The molecule has 0 spiro atoms. The maximum Gasteiger partial charge on any atom is 0.0577 e. The normalized spacial score (nSPS) is 12.7. The van der Waals surface area contributed by atoms with E-state index in [4.69, 9.17) is 11.6 Å². The van der Waals surface area contributed by atoms with E-state index in [1.807, 2.05) is 0 Å². The third-order valence-electron chi connectivity index (χ3n) is 3.47. The van der Waals surface area contributed by atoms with Crippen molar-refractivity contribution in [2.24, 2.45) is 0 Å². The fraction of sp³-hybridized carbons (Fsp3) is 0.500. The largest absolute Gasteiger partial charge is 0.363 e. The second-order valence-electron chi connectivity index (χ2n) is 5.50. The number of benzene rings is 1. The molecule has 1 nitrogen and oxygen atoms in total. The number of hydrogen-bond donors (Lipinski definition) is 0. The molecule has 0 fully saturated rings. The summed E-state index contributed by atoms with van der Waals surface area (Å²) in [5, 5.41) is 2.89. The molecular weight excluding hydrogens is 273 g/mol. The molecule has 0 saturated carbocycles. The number of alkyl halides is 1. The minimum Gasteiger partial charge on any atom is -0.363 e. The molecular formula is C16H23ClNP. The van der Waals surface area contributed by atoms with Gasteiger partial charge >= 0.3 is 0 Å². The molecule has 0 aliphatic carbocycles. The minimum absolute atomic E-state index is 0.274. The monoisotopic (exact) mass is 295 g/mol. The summed E-state index contributed by atoms with van der Waals surface area (Å²) in [6.45, 7) is 9.10. The van der Waals surface area contributed by atoms with Gasteiger partial charge in [0.1, 0.15) is 0 Å². The van der Waals surface area contributed by atoms with Crippen LogP contribution in [0.15, 0.2) is 30.3 Å². The van der Waals surface area contributed by atoms with Crippen molar-refractivity contribution in [3.63, 3.8) is 0 Å². The van der Waals surface area contributed by atoms with Crippen LogP contribution in [0.1, 0.15) is 27.7 Å². The summed E-state index contributed by atoms with van der Waals surface area (Å²) < 4.78 is 0. The van der Waals surface area contributed by atoms with Crippen molar-refractivity contribution in [2.45, 2.75) is 45.9 Å². The highest BCUT2D eigenvalue weighted by Gasteiger charge is 2.20. The Morgan fingerprint density at radius 3 is 2.32 bits per heavy atom. The summed E-state index contributed by atoms with van der Waals surface area (Å²) in [4.78, 5) is 2.55. The third-order valence-corrected chi connectivity index (χ3v) is 6.50. The molecule has 1 aromatic carbocycles. The van der Waals surface area contributed by atoms with Gasteiger partial charge in [-0.05, 0) is 39.1 Å². The van der Waals surface area contributed by atoms with E-state index in [0.717, 1.165) is 12.0 Å². The maximum atomic E-state index is 6.05. The van der Waals surface area contributed by atoms with Crippen molar-refractivity contribution in [2.75, 3.05) is 10.8 Å². The van der Waals surface area contributed by atoms with Crippen molar-refractivity contribution in [1.82, 2.24) is 0 Å². The van der Waals surface area contributed by atoms with Gasteiger partial charge < -0.3 is 4.90 Å². The zero-order valence-corrected chi connectivity index (χ0v) is 13.9. The van der Waals surface area contributed by atoms with Crippen LogP contribution in [0, 0.1) is 0 Å². The smallest absolute Gasteiger partial charge is 0.0577 e. The first-order valence-electron chi connectivity index (χ1n) is 6.98. The highest BCUT2D eigenvalue weighted by molar-refractivity contribution is 7.58. The molecule has 0 N–H and O–H groups in total. The molecule has 0 aliphatic rings. The standard InChI is InChI=1S/C16H23ClNP/c1-12(2)18(13(3)4)16-11-14-7-5-6-8-15(14)19(16)10-9-17/h5-8,11-13H,9-10H2,1-4H3. The lowest BCUT2D eigenvalue weighted by Crippen LogP contribution is -2.36. The molecule has 0 radical (unpaired) electrons. The van der Waals surface area contributed by atoms with Crippen LogP contribution in [-0.4, -0.2) is 18.0 Å². The summed E-state index contributed by atoms with van der Waals surface area (Å²) in [6.07, 6.45) is 1.08. The van der Waals surface area contributed by atoms with Crippen LogP contribution < -0.4 is 4.90 Å². The van der Waals surface area contributed by atoms with Crippen LogP contribution in [0.4, 0.5) is 5.42 Å². The molecule has 1 heterocycles. The number of halogens is 1. The van der Waals surface area contributed by atoms with Gasteiger partial charge in [-0.1, -0.05) is 31.8 Å². The molecule has 104 valence electrons. The number of aryl methyl sites for hydroxylation is 1. The van der Waals surface area contributed by atoms with Crippen molar-refractivity contribution in [1.29, 1.82) is 0 Å². The average molecular weight is 296 g/mol. The van der Waals surface area contributed by atoms with E-state index in [-0.39, 0.29) is 7.53 Å². The Balaban J connectivity index is 2.60. The van der Waals surface area contributed by atoms with Crippen LogP contribution in [0.25, 0.3) is 10.5 Å². The molecule has 2 aromatic rings. The zero-order valence-electron chi connectivity index (χ0n) is 12.2. The lowest BCUT2D eigenvalue weighted by atomic mass is 10.2. The molecule has 0 saturated heterocycles. The quantitative estimate of drug-likeness (QED) is 0.641. The van der Waals surface area contributed by atoms with Gasteiger partial charge in [0.2, 0.25) is 0 Å². The SMILES string of the molecule is CC(C)N(c1cc2ccccc2p1CCCl)C(C)C. The number of nitrogens with zero attached hydrogens (tertiary/aromatic N) is 1. The Bertz CT molecular complexity index is 537. The fourth-order valence-corrected chi connectivity index (χ4v) is 6.00. The summed E-state index contributed by atoms with van der Waals surface area (Å²) in [6, 6.07) is 12.2. The molecule has 2 rings (SSSR count). The molecule has 0 amide bonds. The Morgan fingerprint density at radius 2 is 1.74 bits per heavy atom. The zero-order chi connectivity index (χ0) is 14.0. The molecule has 0 aliphatic heterocycles. The van der Waals surface area contributed by atoms with E-state index in [1.165, 1.54) is 15.9 Å². The summed E-state index contributed by atoms with van der Waals surface area (Å²) >= 11 is 6.05. The number of anilines is 1. The van der Waals surface area contributed by atoms with Crippen molar-refractivity contribution >= 4 is 35.1 Å². The van der Waals surface area contributed by atoms with Crippen LogP contribution in [0.5, 0.6) is 0 Å². The first-order chi connectivity index (χ1) is 9.06. The van der Waals surface area contributed by atoms with Crippen molar-refractivity contribution in [3.8, 4) is 0 Å². The van der Waals surface area contributed by atoms with E-state index in [0.29, 0.717) is 12.1 Å². The summed E-state index contributed by atoms with van der Waals surface area (Å²) in [5.74, 6) is 0.738. The van der Waals surface area contributed by atoms with Crippen LogP contribution >= 0.6 is 19.1 Å². The Kier molecular flexibility index (Phi) is 4.81. The van der Waals surface area contributed by atoms with Crippen molar-refractivity contribution < 1.29 is 0 Å². The second-order valence-corrected chi connectivity index (χ2v) is 8.12.